The first-order chi connectivity index (χ1) is 8.67. The lowest BCUT2D eigenvalue weighted by Crippen LogP contribution is -2.25. The third-order valence-corrected chi connectivity index (χ3v) is 2.96. The number of ether oxygens (including phenoxy) is 1. The zero-order valence-corrected chi connectivity index (χ0v) is 11.1. The monoisotopic (exact) mass is 253 g/mol. The zero-order valence-electron chi connectivity index (χ0n) is 11.1. The third-order valence-electron chi connectivity index (χ3n) is 2.96. The fourth-order valence-corrected chi connectivity index (χ4v) is 1.66. The highest BCUT2D eigenvalue weighted by Gasteiger charge is 2.07. The lowest BCUT2D eigenvalue weighted by Gasteiger charge is -2.13. The molecule has 0 aliphatic heterocycles. The summed E-state index contributed by atoms with van der Waals surface area (Å²) in [5, 5.41) is 22.5. The number of nitrogens with one attached hydrogen (secondary N) is 1. The van der Waals surface area contributed by atoms with Crippen molar-refractivity contribution in [3.63, 3.8) is 0 Å². The van der Waals surface area contributed by atoms with E-state index in [1.807, 2.05) is 31.2 Å². The van der Waals surface area contributed by atoms with Gasteiger partial charge in [-0.2, -0.15) is 0 Å². The molecule has 2 unspecified atom stereocenters. The van der Waals surface area contributed by atoms with Crippen LogP contribution in [0.4, 0.5) is 0 Å². The Bertz CT molecular complexity index is 326. The van der Waals surface area contributed by atoms with Crippen LogP contribution >= 0.6 is 0 Å². The standard InChI is InChI=1S/C14H23NO3/c1-3-12(16)8-9-15-10-14(17)11-4-6-13(18-2)7-5-11/h4-7,12,14-17H,3,8-10H2,1-2H3. The van der Waals surface area contributed by atoms with Crippen molar-refractivity contribution in [1.82, 2.24) is 5.32 Å². The Morgan fingerprint density at radius 2 is 1.89 bits per heavy atom. The van der Waals surface area contributed by atoms with Gasteiger partial charge < -0.3 is 20.3 Å². The van der Waals surface area contributed by atoms with Crippen molar-refractivity contribution in [2.45, 2.75) is 32.0 Å². The Morgan fingerprint density at radius 1 is 1.22 bits per heavy atom. The zero-order chi connectivity index (χ0) is 13.4. The van der Waals surface area contributed by atoms with E-state index in [0.717, 1.165) is 17.7 Å². The van der Waals surface area contributed by atoms with Crippen LogP contribution in [0.15, 0.2) is 24.3 Å². The number of rotatable bonds is 8. The van der Waals surface area contributed by atoms with E-state index in [2.05, 4.69) is 5.32 Å². The maximum absolute atomic E-state index is 9.94. The van der Waals surface area contributed by atoms with E-state index in [0.29, 0.717) is 19.5 Å². The molecule has 0 bridgehead atoms. The van der Waals surface area contributed by atoms with E-state index in [1.54, 1.807) is 7.11 Å². The first kappa shape index (κ1) is 15.0. The average molecular weight is 253 g/mol. The Balaban J connectivity index is 2.29. The van der Waals surface area contributed by atoms with Crippen molar-refractivity contribution in [2.24, 2.45) is 0 Å². The van der Waals surface area contributed by atoms with Gasteiger partial charge >= 0.3 is 0 Å². The van der Waals surface area contributed by atoms with Crippen LogP contribution in [0, 0.1) is 0 Å². The minimum absolute atomic E-state index is 0.254. The molecule has 0 aliphatic rings. The first-order valence-corrected chi connectivity index (χ1v) is 6.38. The summed E-state index contributed by atoms with van der Waals surface area (Å²) in [7, 11) is 1.62. The third kappa shape index (κ3) is 5.04. The molecule has 1 rings (SSSR count). The van der Waals surface area contributed by atoms with Gasteiger partial charge in [-0.25, -0.2) is 0 Å². The molecular formula is C14H23NO3. The molecule has 0 fully saturated rings. The summed E-state index contributed by atoms with van der Waals surface area (Å²) in [6.07, 6.45) is 0.694. The van der Waals surface area contributed by atoms with Crippen LogP contribution < -0.4 is 10.1 Å². The van der Waals surface area contributed by atoms with Gasteiger partial charge in [0.25, 0.3) is 0 Å². The van der Waals surface area contributed by atoms with Crippen molar-refractivity contribution < 1.29 is 14.9 Å². The minimum atomic E-state index is -0.533. The molecule has 4 heteroatoms. The molecule has 102 valence electrons. The molecule has 0 radical (unpaired) electrons. The van der Waals surface area contributed by atoms with E-state index < -0.39 is 6.10 Å². The summed E-state index contributed by atoms with van der Waals surface area (Å²) in [5.41, 5.74) is 0.860. The smallest absolute Gasteiger partial charge is 0.118 e. The van der Waals surface area contributed by atoms with Gasteiger partial charge in [0, 0.05) is 6.54 Å². The van der Waals surface area contributed by atoms with Crippen molar-refractivity contribution in [2.75, 3.05) is 20.2 Å². The number of benzene rings is 1. The Morgan fingerprint density at radius 3 is 2.44 bits per heavy atom. The van der Waals surface area contributed by atoms with Crippen LogP contribution in [0.3, 0.4) is 0 Å². The SMILES string of the molecule is CCC(O)CCNCC(O)c1ccc(OC)cc1. The summed E-state index contributed by atoms with van der Waals surface area (Å²) in [6, 6.07) is 7.37. The summed E-state index contributed by atoms with van der Waals surface area (Å²) >= 11 is 0. The number of methoxy groups -OCH3 is 1. The molecule has 0 spiro atoms. The second-order valence-electron chi connectivity index (χ2n) is 4.34. The first-order valence-electron chi connectivity index (χ1n) is 6.38. The highest BCUT2D eigenvalue weighted by atomic mass is 16.5. The van der Waals surface area contributed by atoms with Gasteiger partial charge in [0.1, 0.15) is 5.75 Å². The fourth-order valence-electron chi connectivity index (χ4n) is 1.66. The van der Waals surface area contributed by atoms with E-state index in [1.165, 1.54) is 0 Å². The topological polar surface area (TPSA) is 61.7 Å². The van der Waals surface area contributed by atoms with E-state index in [9.17, 15) is 10.2 Å². The van der Waals surface area contributed by atoms with Crippen molar-refractivity contribution >= 4 is 0 Å². The Labute approximate surface area is 109 Å². The van der Waals surface area contributed by atoms with Crippen LogP contribution in [-0.2, 0) is 0 Å². The number of aliphatic hydroxyl groups is 2. The van der Waals surface area contributed by atoms with Crippen LogP contribution in [0.1, 0.15) is 31.4 Å². The molecule has 0 saturated carbocycles. The number of hydrogen-bond donors (Lipinski definition) is 3. The highest BCUT2D eigenvalue weighted by Crippen LogP contribution is 2.16. The van der Waals surface area contributed by atoms with Gasteiger partial charge in [0.05, 0.1) is 19.3 Å². The predicted octanol–water partition coefficient (Wildman–Crippen LogP) is 1.48. The maximum atomic E-state index is 9.94. The summed E-state index contributed by atoms with van der Waals surface area (Å²) in [5.74, 6) is 0.782. The van der Waals surface area contributed by atoms with Gasteiger partial charge in [-0.05, 0) is 37.1 Å². The Kier molecular flexibility index (Phi) is 6.72. The molecule has 0 amide bonds. The normalized spacial score (nSPS) is 14.2. The van der Waals surface area contributed by atoms with Gasteiger partial charge in [0.2, 0.25) is 0 Å². The molecule has 18 heavy (non-hydrogen) atoms. The molecule has 2 atom stereocenters. The van der Waals surface area contributed by atoms with Crippen molar-refractivity contribution in [1.29, 1.82) is 0 Å². The largest absolute Gasteiger partial charge is 0.497 e. The van der Waals surface area contributed by atoms with Crippen LogP contribution in [0.5, 0.6) is 5.75 Å². The van der Waals surface area contributed by atoms with Gasteiger partial charge in [-0.3, -0.25) is 0 Å². The lowest BCUT2D eigenvalue weighted by molar-refractivity contribution is 0.150. The molecule has 4 nitrogen and oxygen atoms in total. The van der Waals surface area contributed by atoms with Crippen LogP contribution in [0.2, 0.25) is 0 Å². The van der Waals surface area contributed by atoms with E-state index in [4.69, 9.17) is 4.74 Å². The van der Waals surface area contributed by atoms with Crippen molar-refractivity contribution in [3.05, 3.63) is 29.8 Å². The molecule has 3 N–H and O–H groups in total. The maximum Gasteiger partial charge on any atom is 0.118 e. The molecular weight excluding hydrogens is 230 g/mol. The second-order valence-corrected chi connectivity index (χ2v) is 4.34. The molecule has 0 heterocycles. The lowest BCUT2D eigenvalue weighted by atomic mass is 10.1. The number of hydrogen-bond acceptors (Lipinski definition) is 4. The molecule has 0 aliphatic carbocycles. The molecule has 1 aromatic carbocycles. The van der Waals surface area contributed by atoms with Crippen LogP contribution in [0.25, 0.3) is 0 Å². The molecule has 1 aromatic rings. The average Bonchev–Trinajstić information content (AvgIpc) is 2.43. The summed E-state index contributed by atoms with van der Waals surface area (Å²) < 4.78 is 5.06. The number of aliphatic hydroxyl groups excluding tert-OH is 2. The van der Waals surface area contributed by atoms with Crippen molar-refractivity contribution in [3.8, 4) is 5.75 Å². The molecule has 0 saturated heterocycles. The van der Waals surface area contributed by atoms with E-state index in [-0.39, 0.29) is 6.10 Å². The predicted molar refractivity (Wildman–Crippen MR) is 71.7 cm³/mol. The highest BCUT2D eigenvalue weighted by molar-refractivity contribution is 5.28. The summed E-state index contributed by atoms with van der Waals surface area (Å²) in [6.45, 7) is 3.15. The molecule has 0 aromatic heterocycles. The van der Waals surface area contributed by atoms with Gasteiger partial charge in [-0.1, -0.05) is 19.1 Å². The van der Waals surface area contributed by atoms with E-state index >= 15 is 0 Å². The summed E-state index contributed by atoms with van der Waals surface area (Å²) in [4.78, 5) is 0. The minimum Gasteiger partial charge on any atom is -0.497 e. The fraction of sp³-hybridized carbons (Fsp3) is 0.571. The van der Waals surface area contributed by atoms with Gasteiger partial charge in [-0.15, -0.1) is 0 Å². The van der Waals surface area contributed by atoms with Crippen LogP contribution in [-0.4, -0.2) is 36.5 Å². The quantitative estimate of drug-likeness (QED) is 0.614. The van der Waals surface area contributed by atoms with Gasteiger partial charge in [0.15, 0.2) is 0 Å². The Hall–Kier alpha value is -1.10. The second kappa shape index (κ2) is 8.08.